The highest BCUT2D eigenvalue weighted by Gasteiger charge is 2.06. The smallest absolute Gasteiger partial charge is 0.156 e. The molecule has 2 rings (SSSR count). The number of rotatable bonds is 3. The highest BCUT2D eigenvalue weighted by Crippen LogP contribution is 2.25. The Hall–Kier alpha value is -1.49. The van der Waals surface area contributed by atoms with E-state index in [-0.39, 0.29) is 0 Å². The van der Waals surface area contributed by atoms with E-state index in [1.165, 1.54) is 11.8 Å². The monoisotopic (exact) mass is 221 g/mol. The third-order valence-electron chi connectivity index (χ3n) is 2.00. The number of hydrogen-bond acceptors (Lipinski definition) is 5. The maximum atomic E-state index is 5.67. The Morgan fingerprint density at radius 2 is 2.20 bits per heavy atom. The van der Waals surface area contributed by atoms with Crippen LogP contribution < -0.4 is 5.73 Å². The average molecular weight is 221 g/mol. The molecule has 2 heterocycles. The number of anilines is 1. The number of nitrogens with two attached hydrogens (primary N) is 1. The third kappa shape index (κ3) is 2.30. The van der Waals surface area contributed by atoms with Gasteiger partial charge >= 0.3 is 0 Å². The summed E-state index contributed by atoms with van der Waals surface area (Å²) in [5.74, 6) is 2.14. The second kappa shape index (κ2) is 4.35. The van der Waals surface area contributed by atoms with Gasteiger partial charge in [0.25, 0.3) is 0 Å². The molecule has 2 aromatic rings. The molecule has 0 amide bonds. The summed E-state index contributed by atoms with van der Waals surface area (Å²) < 4.78 is 5.32. The maximum Gasteiger partial charge on any atom is 0.156 e. The van der Waals surface area contributed by atoms with Crippen molar-refractivity contribution in [3.05, 3.63) is 36.0 Å². The summed E-state index contributed by atoms with van der Waals surface area (Å²) in [6.45, 7) is 2.01. The minimum Gasteiger partial charge on any atom is -0.468 e. The molecule has 0 unspecified atom stereocenters. The number of aryl methyl sites for hydroxylation is 1. The average Bonchev–Trinajstić information content (AvgIpc) is 2.63. The summed E-state index contributed by atoms with van der Waals surface area (Å²) >= 11 is 1.53. The van der Waals surface area contributed by atoms with Crippen LogP contribution in [0.4, 0.5) is 5.82 Å². The zero-order valence-electron chi connectivity index (χ0n) is 8.30. The number of nitrogens with zero attached hydrogens (tertiary/aromatic N) is 2. The summed E-state index contributed by atoms with van der Waals surface area (Å²) in [6, 6.07) is 1.94. The molecule has 15 heavy (non-hydrogen) atoms. The van der Waals surface area contributed by atoms with Crippen molar-refractivity contribution in [1.29, 1.82) is 0 Å². The van der Waals surface area contributed by atoms with Crippen molar-refractivity contribution in [3.63, 3.8) is 0 Å². The molecule has 0 bridgehead atoms. The second-order valence-corrected chi connectivity index (χ2v) is 4.03. The van der Waals surface area contributed by atoms with E-state index in [4.69, 9.17) is 10.2 Å². The Kier molecular flexibility index (Phi) is 2.91. The predicted octanol–water partition coefficient (Wildman–Crippen LogP) is 2.25. The van der Waals surface area contributed by atoms with Gasteiger partial charge in [-0.1, -0.05) is 11.8 Å². The molecule has 2 aromatic heterocycles. The zero-order chi connectivity index (χ0) is 10.7. The first-order valence-electron chi connectivity index (χ1n) is 4.49. The van der Waals surface area contributed by atoms with Gasteiger partial charge in [-0.25, -0.2) is 9.97 Å². The minimum atomic E-state index is 0.465. The highest BCUT2D eigenvalue weighted by molar-refractivity contribution is 7.98. The molecule has 0 saturated carbocycles. The number of thioether (sulfide) groups is 1. The predicted molar refractivity (Wildman–Crippen MR) is 59.5 cm³/mol. The van der Waals surface area contributed by atoms with E-state index in [1.54, 1.807) is 18.7 Å². The van der Waals surface area contributed by atoms with Crippen molar-refractivity contribution in [2.24, 2.45) is 0 Å². The van der Waals surface area contributed by atoms with Crippen molar-refractivity contribution in [2.45, 2.75) is 17.7 Å². The lowest BCUT2D eigenvalue weighted by molar-refractivity contribution is 0.528. The molecule has 0 spiro atoms. The molecule has 2 N–H and O–H groups in total. The van der Waals surface area contributed by atoms with E-state index in [0.29, 0.717) is 5.82 Å². The van der Waals surface area contributed by atoms with Gasteiger partial charge in [0.2, 0.25) is 0 Å². The van der Waals surface area contributed by atoms with Gasteiger partial charge in [0, 0.05) is 12.4 Å². The summed E-state index contributed by atoms with van der Waals surface area (Å²) in [6.07, 6.45) is 4.90. The summed E-state index contributed by atoms with van der Waals surface area (Å²) in [5.41, 5.74) is 6.82. The van der Waals surface area contributed by atoms with Gasteiger partial charge in [-0.05, 0) is 18.6 Å². The van der Waals surface area contributed by atoms with Gasteiger partial charge in [-0.3, -0.25) is 0 Å². The SMILES string of the molecule is Cc1ccoc1CSc1nccnc1N. The molecule has 0 aliphatic heterocycles. The Labute approximate surface area is 91.9 Å². The fourth-order valence-electron chi connectivity index (χ4n) is 1.13. The van der Waals surface area contributed by atoms with Crippen molar-refractivity contribution >= 4 is 17.6 Å². The molecule has 0 aliphatic rings. The highest BCUT2D eigenvalue weighted by atomic mass is 32.2. The number of nitrogen functional groups attached to an aromatic ring is 1. The van der Waals surface area contributed by atoms with Crippen LogP contribution in [0.5, 0.6) is 0 Å². The van der Waals surface area contributed by atoms with Crippen LogP contribution in [0.15, 0.2) is 34.2 Å². The molecular formula is C10H11N3OS. The molecule has 5 heteroatoms. The Bertz CT molecular complexity index is 455. The fourth-order valence-corrected chi connectivity index (χ4v) is 2.03. The van der Waals surface area contributed by atoms with Crippen LogP contribution in [0.2, 0.25) is 0 Å². The van der Waals surface area contributed by atoms with E-state index in [9.17, 15) is 0 Å². The molecule has 0 aliphatic carbocycles. The lowest BCUT2D eigenvalue weighted by Gasteiger charge is -2.01. The maximum absolute atomic E-state index is 5.67. The van der Waals surface area contributed by atoms with Gasteiger partial charge in [0.1, 0.15) is 10.8 Å². The lowest BCUT2D eigenvalue weighted by atomic mass is 10.3. The molecule has 78 valence electrons. The standard InChI is InChI=1S/C10H11N3OS/c1-7-2-5-14-8(7)6-15-10-9(11)12-3-4-13-10/h2-5H,6H2,1H3,(H2,11,12). The van der Waals surface area contributed by atoms with Crippen LogP contribution in [-0.4, -0.2) is 9.97 Å². The van der Waals surface area contributed by atoms with E-state index in [1.807, 2.05) is 13.0 Å². The van der Waals surface area contributed by atoms with Crippen LogP contribution >= 0.6 is 11.8 Å². The summed E-state index contributed by atoms with van der Waals surface area (Å²) in [7, 11) is 0. The first kappa shape index (κ1) is 10.0. The van der Waals surface area contributed by atoms with Crippen LogP contribution in [0, 0.1) is 6.92 Å². The van der Waals surface area contributed by atoms with E-state index >= 15 is 0 Å². The van der Waals surface area contributed by atoms with E-state index < -0.39 is 0 Å². The first-order valence-corrected chi connectivity index (χ1v) is 5.48. The van der Waals surface area contributed by atoms with Gasteiger partial charge in [-0.15, -0.1) is 0 Å². The van der Waals surface area contributed by atoms with Crippen molar-refractivity contribution < 1.29 is 4.42 Å². The molecule has 0 saturated heterocycles. The summed E-state index contributed by atoms with van der Waals surface area (Å²) in [4.78, 5) is 8.11. The normalized spacial score (nSPS) is 10.5. The summed E-state index contributed by atoms with van der Waals surface area (Å²) in [5, 5.41) is 0.744. The van der Waals surface area contributed by atoms with E-state index in [0.717, 1.165) is 22.1 Å². The van der Waals surface area contributed by atoms with Gasteiger partial charge < -0.3 is 10.2 Å². The first-order chi connectivity index (χ1) is 7.27. The second-order valence-electron chi connectivity index (χ2n) is 3.06. The van der Waals surface area contributed by atoms with Crippen molar-refractivity contribution in [3.8, 4) is 0 Å². The molecule has 0 fully saturated rings. The fraction of sp³-hybridized carbons (Fsp3) is 0.200. The largest absolute Gasteiger partial charge is 0.468 e. The van der Waals surface area contributed by atoms with Crippen LogP contribution in [-0.2, 0) is 5.75 Å². The number of furan rings is 1. The van der Waals surface area contributed by atoms with Gasteiger partial charge in [0.05, 0.1) is 12.0 Å². The lowest BCUT2D eigenvalue weighted by Crippen LogP contribution is -1.94. The van der Waals surface area contributed by atoms with Crippen LogP contribution in [0.3, 0.4) is 0 Å². The molecule has 4 nitrogen and oxygen atoms in total. The Morgan fingerprint density at radius 3 is 2.87 bits per heavy atom. The Morgan fingerprint density at radius 1 is 1.40 bits per heavy atom. The van der Waals surface area contributed by atoms with Crippen LogP contribution in [0.25, 0.3) is 0 Å². The van der Waals surface area contributed by atoms with Crippen LogP contribution in [0.1, 0.15) is 11.3 Å². The van der Waals surface area contributed by atoms with Crippen molar-refractivity contribution in [2.75, 3.05) is 5.73 Å². The third-order valence-corrected chi connectivity index (χ3v) is 2.99. The number of hydrogen-bond donors (Lipinski definition) is 1. The molecule has 0 aromatic carbocycles. The zero-order valence-corrected chi connectivity index (χ0v) is 9.12. The topological polar surface area (TPSA) is 64.9 Å². The van der Waals surface area contributed by atoms with Crippen molar-refractivity contribution in [1.82, 2.24) is 9.97 Å². The molecular weight excluding hydrogens is 210 g/mol. The van der Waals surface area contributed by atoms with Gasteiger partial charge in [0.15, 0.2) is 5.82 Å². The van der Waals surface area contributed by atoms with E-state index in [2.05, 4.69) is 9.97 Å². The molecule has 0 radical (unpaired) electrons. The quantitative estimate of drug-likeness (QED) is 0.805. The molecule has 0 atom stereocenters. The number of aromatic nitrogens is 2. The Balaban J connectivity index is 2.06. The van der Waals surface area contributed by atoms with Gasteiger partial charge in [-0.2, -0.15) is 0 Å². The minimum absolute atomic E-state index is 0.465.